The summed E-state index contributed by atoms with van der Waals surface area (Å²) in [6.07, 6.45) is 2.67. The second-order valence-corrected chi connectivity index (χ2v) is 4.61. The maximum absolute atomic E-state index is 11.6. The molecule has 1 atom stereocenters. The number of H-pyrrole nitrogens is 2. The van der Waals surface area contributed by atoms with Gasteiger partial charge in [-0.3, -0.25) is 9.78 Å². The van der Waals surface area contributed by atoms with Gasteiger partial charge in [0.25, 0.3) is 5.56 Å². The van der Waals surface area contributed by atoms with Gasteiger partial charge < -0.3 is 4.98 Å². The SMILES string of the molecule is CC(C)C1CCc2[nH]c(=O)[nH]c(=O)c2C1. The summed E-state index contributed by atoms with van der Waals surface area (Å²) in [4.78, 5) is 27.7. The van der Waals surface area contributed by atoms with Crippen molar-refractivity contribution in [2.75, 3.05) is 0 Å². The van der Waals surface area contributed by atoms with Crippen LogP contribution in [0.25, 0.3) is 0 Å². The zero-order chi connectivity index (χ0) is 11.0. The molecule has 0 aliphatic heterocycles. The molecule has 2 rings (SSSR count). The predicted molar refractivity (Wildman–Crippen MR) is 58.0 cm³/mol. The topological polar surface area (TPSA) is 65.7 Å². The van der Waals surface area contributed by atoms with Crippen LogP contribution in [0.3, 0.4) is 0 Å². The monoisotopic (exact) mass is 208 g/mol. The molecule has 0 aromatic carbocycles. The van der Waals surface area contributed by atoms with Gasteiger partial charge in [-0.25, -0.2) is 4.79 Å². The van der Waals surface area contributed by atoms with E-state index in [9.17, 15) is 9.59 Å². The minimum absolute atomic E-state index is 0.209. The van der Waals surface area contributed by atoms with Crippen LogP contribution in [0.15, 0.2) is 9.59 Å². The van der Waals surface area contributed by atoms with Crippen molar-refractivity contribution in [3.63, 3.8) is 0 Å². The second kappa shape index (κ2) is 3.68. The van der Waals surface area contributed by atoms with Gasteiger partial charge in [0.15, 0.2) is 0 Å². The van der Waals surface area contributed by atoms with E-state index in [1.165, 1.54) is 0 Å². The lowest BCUT2D eigenvalue weighted by Crippen LogP contribution is -2.33. The van der Waals surface area contributed by atoms with Gasteiger partial charge in [0.1, 0.15) is 0 Å². The fourth-order valence-electron chi connectivity index (χ4n) is 2.25. The number of nitrogens with one attached hydrogen (secondary N) is 2. The minimum atomic E-state index is -0.387. The Balaban J connectivity index is 2.42. The summed E-state index contributed by atoms with van der Waals surface area (Å²) in [6, 6.07) is 0. The van der Waals surface area contributed by atoms with Gasteiger partial charge in [0, 0.05) is 11.3 Å². The van der Waals surface area contributed by atoms with Gasteiger partial charge in [-0.15, -0.1) is 0 Å². The molecule has 0 radical (unpaired) electrons. The number of rotatable bonds is 1. The van der Waals surface area contributed by atoms with Crippen LogP contribution in [-0.4, -0.2) is 9.97 Å². The van der Waals surface area contributed by atoms with Gasteiger partial charge in [0.2, 0.25) is 0 Å². The Labute approximate surface area is 87.7 Å². The normalized spacial score (nSPS) is 20.3. The average Bonchev–Trinajstić information content (AvgIpc) is 2.16. The van der Waals surface area contributed by atoms with Crippen molar-refractivity contribution in [1.29, 1.82) is 0 Å². The van der Waals surface area contributed by atoms with Gasteiger partial charge in [-0.2, -0.15) is 0 Å². The molecule has 4 heteroatoms. The van der Waals surface area contributed by atoms with Crippen LogP contribution >= 0.6 is 0 Å². The fourth-order valence-corrected chi connectivity index (χ4v) is 2.25. The van der Waals surface area contributed by atoms with Crippen LogP contribution in [-0.2, 0) is 12.8 Å². The number of hydrogen-bond donors (Lipinski definition) is 2. The highest BCUT2D eigenvalue weighted by Crippen LogP contribution is 2.26. The van der Waals surface area contributed by atoms with E-state index >= 15 is 0 Å². The predicted octanol–water partition coefficient (Wildman–Crippen LogP) is 0.824. The molecule has 82 valence electrons. The lowest BCUT2D eigenvalue weighted by atomic mass is 9.80. The van der Waals surface area contributed by atoms with E-state index in [-0.39, 0.29) is 11.2 Å². The van der Waals surface area contributed by atoms with Crippen LogP contribution in [0.2, 0.25) is 0 Å². The maximum Gasteiger partial charge on any atom is 0.325 e. The molecule has 0 amide bonds. The van der Waals surface area contributed by atoms with Crippen LogP contribution in [0, 0.1) is 11.8 Å². The number of aryl methyl sites for hydroxylation is 1. The Morgan fingerprint density at radius 1 is 1.27 bits per heavy atom. The summed E-state index contributed by atoms with van der Waals surface area (Å²) in [5, 5.41) is 0. The van der Waals surface area contributed by atoms with E-state index in [2.05, 4.69) is 23.8 Å². The molecule has 1 aromatic heterocycles. The highest BCUT2D eigenvalue weighted by Gasteiger charge is 2.23. The summed E-state index contributed by atoms with van der Waals surface area (Å²) in [5.74, 6) is 1.15. The first-order valence-corrected chi connectivity index (χ1v) is 5.42. The third-order valence-electron chi connectivity index (χ3n) is 3.30. The fraction of sp³-hybridized carbons (Fsp3) is 0.636. The van der Waals surface area contributed by atoms with Gasteiger partial charge >= 0.3 is 5.69 Å². The molecular weight excluding hydrogens is 192 g/mol. The Morgan fingerprint density at radius 3 is 2.67 bits per heavy atom. The highest BCUT2D eigenvalue weighted by atomic mass is 16.2. The van der Waals surface area contributed by atoms with Crippen LogP contribution in [0.1, 0.15) is 31.5 Å². The molecule has 1 heterocycles. The molecule has 1 aromatic rings. The average molecular weight is 208 g/mol. The van der Waals surface area contributed by atoms with Crippen LogP contribution < -0.4 is 11.2 Å². The summed E-state index contributed by atoms with van der Waals surface area (Å²) in [7, 11) is 0. The summed E-state index contributed by atoms with van der Waals surface area (Å²) >= 11 is 0. The Bertz CT molecular complexity index is 470. The zero-order valence-electron chi connectivity index (χ0n) is 9.09. The van der Waals surface area contributed by atoms with Crippen molar-refractivity contribution in [1.82, 2.24) is 9.97 Å². The lowest BCUT2D eigenvalue weighted by molar-refractivity contribution is 0.338. The van der Waals surface area contributed by atoms with Gasteiger partial charge in [-0.05, 0) is 31.1 Å². The maximum atomic E-state index is 11.6. The summed E-state index contributed by atoms with van der Waals surface area (Å²) in [5.41, 5.74) is 1.01. The van der Waals surface area contributed by atoms with Crippen molar-refractivity contribution in [3.8, 4) is 0 Å². The van der Waals surface area contributed by atoms with E-state index in [4.69, 9.17) is 0 Å². The largest absolute Gasteiger partial charge is 0.325 e. The standard InChI is InChI=1S/C11H16N2O2/c1-6(2)7-3-4-9-8(5-7)10(14)13-11(15)12-9/h6-7H,3-5H2,1-2H3,(H2,12,13,14,15). The minimum Gasteiger partial charge on any atom is -0.311 e. The molecule has 0 bridgehead atoms. The van der Waals surface area contributed by atoms with Crippen molar-refractivity contribution in [2.45, 2.75) is 33.1 Å². The molecule has 0 fully saturated rings. The Kier molecular flexibility index (Phi) is 2.50. The molecule has 15 heavy (non-hydrogen) atoms. The highest BCUT2D eigenvalue weighted by molar-refractivity contribution is 5.20. The Morgan fingerprint density at radius 2 is 2.00 bits per heavy atom. The number of aromatic amines is 2. The first-order valence-electron chi connectivity index (χ1n) is 5.42. The number of fused-ring (bicyclic) bond motifs is 1. The Hall–Kier alpha value is -1.32. The van der Waals surface area contributed by atoms with E-state index in [1.54, 1.807) is 0 Å². The summed E-state index contributed by atoms with van der Waals surface area (Å²) < 4.78 is 0. The van der Waals surface area contributed by atoms with Gasteiger partial charge in [0.05, 0.1) is 0 Å². The molecule has 0 saturated carbocycles. The quantitative estimate of drug-likeness (QED) is 0.717. The van der Waals surface area contributed by atoms with Crippen molar-refractivity contribution in [3.05, 3.63) is 32.1 Å². The molecule has 2 N–H and O–H groups in total. The van der Waals surface area contributed by atoms with E-state index in [0.717, 1.165) is 30.5 Å². The van der Waals surface area contributed by atoms with Crippen LogP contribution in [0.5, 0.6) is 0 Å². The van der Waals surface area contributed by atoms with E-state index in [1.807, 2.05) is 0 Å². The van der Waals surface area contributed by atoms with Crippen molar-refractivity contribution >= 4 is 0 Å². The first-order chi connectivity index (χ1) is 7.08. The van der Waals surface area contributed by atoms with Crippen molar-refractivity contribution in [2.24, 2.45) is 11.8 Å². The van der Waals surface area contributed by atoms with Gasteiger partial charge in [-0.1, -0.05) is 13.8 Å². The zero-order valence-corrected chi connectivity index (χ0v) is 9.09. The van der Waals surface area contributed by atoms with E-state index in [0.29, 0.717) is 11.8 Å². The number of aromatic nitrogens is 2. The molecule has 1 aliphatic carbocycles. The number of hydrogen-bond acceptors (Lipinski definition) is 2. The van der Waals surface area contributed by atoms with Crippen LogP contribution in [0.4, 0.5) is 0 Å². The summed E-state index contributed by atoms with van der Waals surface area (Å²) in [6.45, 7) is 4.35. The third-order valence-corrected chi connectivity index (χ3v) is 3.30. The van der Waals surface area contributed by atoms with E-state index < -0.39 is 0 Å². The molecule has 0 spiro atoms. The molecular formula is C11H16N2O2. The molecule has 4 nitrogen and oxygen atoms in total. The molecule has 1 aliphatic rings. The smallest absolute Gasteiger partial charge is 0.311 e. The second-order valence-electron chi connectivity index (χ2n) is 4.61. The first kappa shape index (κ1) is 10.2. The third kappa shape index (κ3) is 1.89. The molecule has 1 unspecified atom stereocenters. The lowest BCUT2D eigenvalue weighted by Gasteiger charge is -2.26. The van der Waals surface area contributed by atoms with Crippen molar-refractivity contribution < 1.29 is 0 Å². The molecule has 0 saturated heterocycles.